The monoisotopic (exact) mass is 196 g/mol. The summed E-state index contributed by atoms with van der Waals surface area (Å²) >= 11 is 5.87. The molecule has 0 radical (unpaired) electrons. The van der Waals surface area contributed by atoms with Gasteiger partial charge in [-0.15, -0.1) is 0 Å². The van der Waals surface area contributed by atoms with Gasteiger partial charge in [-0.1, -0.05) is 17.7 Å². The Morgan fingerprint density at radius 1 is 1.46 bits per heavy atom. The molecule has 1 saturated carbocycles. The molecule has 0 heterocycles. The molecule has 1 N–H and O–H groups in total. The van der Waals surface area contributed by atoms with Crippen molar-refractivity contribution in [3.63, 3.8) is 0 Å². The second-order valence-corrected chi connectivity index (χ2v) is 4.22. The van der Waals surface area contributed by atoms with E-state index in [9.17, 15) is 5.11 Å². The van der Waals surface area contributed by atoms with E-state index in [0.29, 0.717) is 10.9 Å². The third-order valence-electron chi connectivity index (χ3n) is 2.63. The number of hydrogen-bond acceptors (Lipinski definition) is 1. The van der Waals surface area contributed by atoms with E-state index in [0.717, 1.165) is 24.0 Å². The van der Waals surface area contributed by atoms with Crippen LogP contribution in [-0.4, -0.2) is 5.11 Å². The van der Waals surface area contributed by atoms with E-state index in [2.05, 4.69) is 0 Å². The van der Waals surface area contributed by atoms with Crippen LogP contribution >= 0.6 is 11.6 Å². The minimum atomic E-state index is -0.307. The Hall–Kier alpha value is -0.530. The van der Waals surface area contributed by atoms with Crippen LogP contribution in [0.4, 0.5) is 0 Å². The van der Waals surface area contributed by atoms with E-state index in [1.54, 1.807) is 0 Å². The Labute approximate surface area is 83.3 Å². The summed E-state index contributed by atoms with van der Waals surface area (Å²) in [7, 11) is 0. The lowest BCUT2D eigenvalue weighted by Crippen LogP contribution is -2.01. The molecular weight excluding hydrogens is 184 g/mol. The van der Waals surface area contributed by atoms with Gasteiger partial charge in [0.25, 0.3) is 0 Å². The second kappa shape index (κ2) is 3.32. The molecule has 2 heteroatoms. The zero-order valence-corrected chi connectivity index (χ0v) is 8.38. The minimum absolute atomic E-state index is 0.307. The van der Waals surface area contributed by atoms with Crippen molar-refractivity contribution in [2.45, 2.75) is 25.9 Å². The molecule has 1 aliphatic rings. The first-order chi connectivity index (χ1) is 6.18. The molecular formula is C11H13ClO. The average Bonchev–Trinajstić information content (AvgIpc) is 2.91. The van der Waals surface area contributed by atoms with Crippen LogP contribution in [0.3, 0.4) is 0 Å². The van der Waals surface area contributed by atoms with Crippen LogP contribution in [-0.2, 0) is 0 Å². The van der Waals surface area contributed by atoms with Gasteiger partial charge in [0.2, 0.25) is 0 Å². The topological polar surface area (TPSA) is 20.2 Å². The highest BCUT2D eigenvalue weighted by Gasteiger charge is 2.31. The molecule has 1 aliphatic carbocycles. The fourth-order valence-electron chi connectivity index (χ4n) is 1.60. The van der Waals surface area contributed by atoms with E-state index in [-0.39, 0.29) is 6.10 Å². The maximum absolute atomic E-state index is 9.91. The number of benzene rings is 1. The Morgan fingerprint density at radius 3 is 2.77 bits per heavy atom. The van der Waals surface area contributed by atoms with Crippen LogP contribution in [0.5, 0.6) is 0 Å². The maximum atomic E-state index is 9.91. The van der Waals surface area contributed by atoms with Crippen molar-refractivity contribution in [2.24, 2.45) is 5.92 Å². The van der Waals surface area contributed by atoms with Gasteiger partial charge in [-0.05, 0) is 48.9 Å². The lowest BCUT2D eigenvalue weighted by molar-refractivity contribution is 0.153. The number of aryl methyl sites for hydroxylation is 1. The van der Waals surface area contributed by atoms with Gasteiger partial charge in [0, 0.05) is 5.02 Å². The van der Waals surface area contributed by atoms with E-state index < -0.39 is 0 Å². The molecule has 1 atom stereocenters. The van der Waals surface area contributed by atoms with Crippen LogP contribution < -0.4 is 0 Å². The lowest BCUT2D eigenvalue weighted by Gasteiger charge is -2.12. The number of aliphatic hydroxyl groups is 1. The van der Waals surface area contributed by atoms with Crippen LogP contribution in [0.2, 0.25) is 5.02 Å². The Morgan fingerprint density at radius 2 is 2.15 bits per heavy atom. The average molecular weight is 197 g/mol. The highest BCUT2D eigenvalue weighted by molar-refractivity contribution is 6.30. The van der Waals surface area contributed by atoms with Crippen LogP contribution in [0.25, 0.3) is 0 Å². The summed E-state index contributed by atoms with van der Waals surface area (Å²) in [4.78, 5) is 0. The number of halogens is 1. The molecule has 1 unspecified atom stereocenters. The molecule has 2 rings (SSSR count). The van der Waals surface area contributed by atoms with Gasteiger partial charge in [0.15, 0.2) is 0 Å². The van der Waals surface area contributed by atoms with Crippen LogP contribution in [0.15, 0.2) is 18.2 Å². The summed E-state index contributed by atoms with van der Waals surface area (Å²) in [5.74, 6) is 0.470. The molecule has 70 valence electrons. The van der Waals surface area contributed by atoms with Crippen molar-refractivity contribution < 1.29 is 5.11 Å². The fraction of sp³-hybridized carbons (Fsp3) is 0.455. The van der Waals surface area contributed by atoms with Crippen LogP contribution in [0.1, 0.15) is 30.1 Å². The smallest absolute Gasteiger partial charge is 0.0821 e. The maximum Gasteiger partial charge on any atom is 0.0821 e. The number of aliphatic hydroxyl groups excluding tert-OH is 1. The molecule has 0 aromatic heterocycles. The van der Waals surface area contributed by atoms with Gasteiger partial charge in [-0.25, -0.2) is 0 Å². The molecule has 0 spiro atoms. The highest BCUT2D eigenvalue weighted by atomic mass is 35.5. The molecule has 1 aromatic carbocycles. The molecule has 0 aliphatic heterocycles. The molecule has 1 nitrogen and oxygen atoms in total. The predicted octanol–water partition coefficient (Wildman–Crippen LogP) is 3.09. The van der Waals surface area contributed by atoms with Gasteiger partial charge < -0.3 is 5.11 Å². The van der Waals surface area contributed by atoms with Gasteiger partial charge >= 0.3 is 0 Å². The standard InChI is InChI=1S/C11H13ClO/c1-7-2-5-9(12)6-10(7)11(13)8-3-4-8/h2,5-6,8,11,13H,3-4H2,1H3. The first-order valence-corrected chi connectivity index (χ1v) is 5.00. The predicted molar refractivity (Wildman–Crippen MR) is 53.9 cm³/mol. The van der Waals surface area contributed by atoms with Crippen molar-refractivity contribution in [3.05, 3.63) is 34.3 Å². The summed E-state index contributed by atoms with van der Waals surface area (Å²) in [6.45, 7) is 2.01. The van der Waals surface area contributed by atoms with Crippen molar-refractivity contribution >= 4 is 11.6 Å². The molecule has 13 heavy (non-hydrogen) atoms. The lowest BCUT2D eigenvalue weighted by atomic mass is 10.0. The third kappa shape index (κ3) is 1.87. The first kappa shape index (κ1) is 9.04. The summed E-state index contributed by atoms with van der Waals surface area (Å²) in [5, 5.41) is 10.6. The Bertz CT molecular complexity index is 318. The minimum Gasteiger partial charge on any atom is -0.388 e. The van der Waals surface area contributed by atoms with Crippen molar-refractivity contribution in [1.29, 1.82) is 0 Å². The van der Waals surface area contributed by atoms with Crippen LogP contribution in [0, 0.1) is 12.8 Å². The fourth-order valence-corrected chi connectivity index (χ4v) is 1.78. The van der Waals surface area contributed by atoms with Crippen molar-refractivity contribution in [3.8, 4) is 0 Å². The second-order valence-electron chi connectivity index (χ2n) is 3.78. The van der Waals surface area contributed by atoms with Gasteiger partial charge in [-0.2, -0.15) is 0 Å². The zero-order chi connectivity index (χ0) is 9.42. The molecule has 0 amide bonds. The Balaban J connectivity index is 2.31. The first-order valence-electron chi connectivity index (χ1n) is 4.62. The number of hydrogen-bond donors (Lipinski definition) is 1. The molecule has 1 aromatic rings. The molecule has 1 fully saturated rings. The van der Waals surface area contributed by atoms with Gasteiger partial charge in [-0.3, -0.25) is 0 Å². The zero-order valence-electron chi connectivity index (χ0n) is 7.63. The summed E-state index contributed by atoms with van der Waals surface area (Å²) in [5.41, 5.74) is 2.12. The van der Waals surface area contributed by atoms with E-state index in [1.165, 1.54) is 0 Å². The third-order valence-corrected chi connectivity index (χ3v) is 2.86. The van der Waals surface area contributed by atoms with E-state index in [4.69, 9.17) is 11.6 Å². The van der Waals surface area contributed by atoms with Crippen molar-refractivity contribution in [2.75, 3.05) is 0 Å². The Kier molecular flexibility index (Phi) is 2.31. The molecule has 0 bridgehead atoms. The number of rotatable bonds is 2. The summed E-state index contributed by atoms with van der Waals surface area (Å²) in [6, 6.07) is 5.70. The van der Waals surface area contributed by atoms with E-state index >= 15 is 0 Å². The normalized spacial score (nSPS) is 18.7. The van der Waals surface area contributed by atoms with Gasteiger partial charge in [0.05, 0.1) is 6.10 Å². The van der Waals surface area contributed by atoms with Gasteiger partial charge in [0.1, 0.15) is 0 Å². The summed E-state index contributed by atoms with van der Waals surface area (Å²) < 4.78 is 0. The largest absolute Gasteiger partial charge is 0.388 e. The molecule has 0 saturated heterocycles. The summed E-state index contributed by atoms with van der Waals surface area (Å²) in [6.07, 6.45) is 1.99. The van der Waals surface area contributed by atoms with E-state index in [1.807, 2.05) is 25.1 Å². The highest BCUT2D eigenvalue weighted by Crippen LogP contribution is 2.42. The quantitative estimate of drug-likeness (QED) is 0.771. The SMILES string of the molecule is Cc1ccc(Cl)cc1C(O)C1CC1. The van der Waals surface area contributed by atoms with Crippen molar-refractivity contribution in [1.82, 2.24) is 0 Å².